The van der Waals surface area contributed by atoms with E-state index in [1.165, 1.54) is 0 Å². The van der Waals surface area contributed by atoms with Crippen LogP contribution < -0.4 is 11.5 Å². The molecular weight excluding hydrogens is 522 g/mol. The van der Waals surface area contributed by atoms with Gasteiger partial charge in [0.25, 0.3) is 0 Å². The van der Waals surface area contributed by atoms with E-state index in [2.05, 4.69) is 94.4 Å². The number of anilines is 2. The fraction of sp³-hybridized carbons (Fsp3) is 0.231. The number of hydrogen-bond donors (Lipinski definition) is 2. The Balaban J connectivity index is 1.30. The van der Waals surface area contributed by atoms with Crippen molar-refractivity contribution in [2.75, 3.05) is 23.0 Å². The van der Waals surface area contributed by atoms with Crippen LogP contribution in [0.4, 0.5) is 11.4 Å². The van der Waals surface area contributed by atoms with Crippen LogP contribution in [0.1, 0.15) is 11.1 Å². The van der Waals surface area contributed by atoms with Crippen molar-refractivity contribution in [2.45, 2.75) is 8.41 Å². The Morgan fingerprint density at radius 2 is 1.00 bits per heavy atom. The summed E-state index contributed by atoms with van der Waals surface area (Å²) in [7, 11) is 0. The average Bonchev–Trinajstić information content (AvgIpc) is 2.77. The number of rotatable bonds is 6. The zero-order valence-corrected chi connectivity index (χ0v) is 21.8. The second kappa shape index (κ2) is 9.53. The molecule has 0 heterocycles. The number of para-hydroxylation sites is 2. The first-order valence-electron chi connectivity index (χ1n) is 10.4. The van der Waals surface area contributed by atoms with Gasteiger partial charge < -0.3 is 0 Å². The normalized spacial score (nSPS) is 29.4. The number of thioether (sulfide) groups is 1. The van der Waals surface area contributed by atoms with E-state index in [0.29, 0.717) is 11.8 Å². The molecule has 5 heteroatoms. The Morgan fingerprint density at radius 1 is 0.645 bits per heavy atom. The third-order valence-corrected chi connectivity index (χ3v) is 9.30. The summed E-state index contributed by atoms with van der Waals surface area (Å²) in [6, 6.07) is 16.2. The fourth-order valence-electron chi connectivity index (χ4n) is 3.97. The molecule has 0 amide bonds. The molecule has 0 spiro atoms. The summed E-state index contributed by atoms with van der Waals surface area (Å²) in [6.07, 6.45) is 18.4. The Labute approximate surface area is 207 Å². The fourth-order valence-corrected chi connectivity index (χ4v) is 6.67. The van der Waals surface area contributed by atoms with E-state index in [-0.39, 0.29) is 8.41 Å². The SMILES string of the molecule is Nc1ccccc1C1([As])C=CC(CSCC2C=CC([As])(c3ccccc3N)C=C2)C=C1. The van der Waals surface area contributed by atoms with E-state index in [1.54, 1.807) is 0 Å². The van der Waals surface area contributed by atoms with Gasteiger partial charge in [-0.2, -0.15) is 0 Å². The third kappa shape index (κ3) is 5.11. The summed E-state index contributed by atoms with van der Waals surface area (Å²) >= 11 is 7.54. The number of nitrogen functional groups attached to an aromatic ring is 2. The van der Waals surface area contributed by atoms with Crippen molar-refractivity contribution in [3.05, 3.63) is 108 Å². The summed E-state index contributed by atoms with van der Waals surface area (Å²) in [4.78, 5) is 0. The van der Waals surface area contributed by atoms with Gasteiger partial charge in [0.2, 0.25) is 0 Å². The molecule has 0 saturated heterocycles. The van der Waals surface area contributed by atoms with Gasteiger partial charge in [-0.1, -0.05) is 0 Å². The van der Waals surface area contributed by atoms with Crippen LogP contribution in [-0.2, 0) is 8.41 Å². The molecule has 0 saturated carbocycles. The zero-order chi connectivity index (χ0) is 21.9. The van der Waals surface area contributed by atoms with Crippen molar-refractivity contribution in [3.8, 4) is 0 Å². The molecule has 0 bridgehead atoms. The standard InChI is InChI=1S/C26H26As2N2S/c27-25(21-5-1-3-7-23(21)29)13-9-19(10-14-25)17-31-18-20-11-15-26(28,16-12-20)22-6-2-4-8-24(22)30/h1-16,19-20H,17-18,29-30H2. The summed E-state index contributed by atoms with van der Waals surface area (Å²) in [5.74, 6) is 3.07. The second-order valence-electron chi connectivity index (χ2n) is 8.13. The van der Waals surface area contributed by atoms with Gasteiger partial charge in [0.05, 0.1) is 0 Å². The van der Waals surface area contributed by atoms with Crippen LogP contribution in [0.5, 0.6) is 0 Å². The second-order valence-corrected chi connectivity index (χ2v) is 12.3. The van der Waals surface area contributed by atoms with Crippen molar-refractivity contribution in [1.82, 2.24) is 0 Å². The number of benzene rings is 2. The summed E-state index contributed by atoms with van der Waals surface area (Å²) < 4.78 is -0.368. The van der Waals surface area contributed by atoms with E-state index in [0.717, 1.165) is 34.0 Å². The van der Waals surface area contributed by atoms with Crippen LogP contribution in [0.3, 0.4) is 0 Å². The molecule has 2 aliphatic carbocycles. The van der Waals surface area contributed by atoms with Gasteiger partial charge in [-0.25, -0.2) is 0 Å². The van der Waals surface area contributed by atoms with Crippen LogP contribution in [0.15, 0.2) is 97.1 Å². The minimum atomic E-state index is -0.184. The molecule has 0 aliphatic heterocycles. The van der Waals surface area contributed by atoms with Crippen LogP contribution in [-0.4, -0.2) is 45.2 Å². The van der Waals surface area contributed by atoms with Gasteiger partial charge in [-0.3, -0.25) is 0 Å². The molecule has 2 nitrogen and oxygen atoms in total. The van der Waals surface area contributed by atoms with Crippen molar-refractivity contribution in [3.63, 3.8) is 0 Å². The van der Waals surface area contributed by atoms with Crippen molar-refractivity contribution >= 4 is 56.8 Å². The molecule has 4 N–H and O–H groups in total. The topological polar surface area (TPSA) is 52.0 Å². The van der Waals surface area contributed by atoms with E-state index in [9.17, 15) is 0 Å². The van der Waals surface area contributed by atoms with Gasteiger partial charge >= 0.3 is 208 Å². The Bertz CT molecular complexity index is 945. The molecule has 0 aromatic heterocycles. The molecule has 2 aromatic rings. The maximum absolute atomic E-state index is 6.20. The monoisotopic (exact) mass is 548 g/mol. The average molecular weight is 548 g/mol. The van der Waals surface area contributed by atoms with Crippen molar-refractivity contribution in [2.24, 2.45) is 11.8 Å². The first-order valence-corrected chi connectivity index (χ1v) is 13.4. The van der Waals surface area contributed by atoms with Crippen molar-refractivity contribution in [1.29, 1.82) is 0 Å². The molecular formula is C26H26As2N2S. The molecule has 31 heavy (non-hydrogen) atoms. The third-order valence-electron chi connectivity index (χ3n) is 5.80. The molecule has 156 valence electrons. The molecule has 0 fully saturated rings. The summed E-state index contributed by atoms with van der Waals surface area (Å²) in [5, 5.41) is 0. The summed E-state index contributed by atoms with van der Waals surface area (Å²) in [6.45, 7) is 0. The maximum atomic E-state index is 6.20. The Hall–Kier alpha value is -1.53. The van der Waals surface area contributed by atoms with E-state index in [4.69, 9.17) is 11.5 Å². The van der Waals surface area contributed by atoms with Gasteiger partial charge in [0, 0.05) is 0 Å². The molecule has 4 radical (unpaired) electrons. The van der Waals surface area contributed by atoms with Gasteiger partial charge in [0.1, 0.15) is 0 Å². The molecule has 4 rings (SSSR count). The van der Waals surface area contributed by atoms with E-state index >= 15 is 0 Å². The van der Waals surface area contributed by atoms with Gasteiger partial charge in [-0.15, -0.1) is 0 Å². The van der Waals surface area contributed by atoms with Crippen molar-refractivity contribution < 1.29 is 0 Å². The Kier molecular flexibility index (Phi) is 6.97. The molecule has 0 unspecified atom stereocenters. The van der Waals surface area contributed by atoms with E-state index < -0.39 is 0 Å². The number of nitrogens with two attached hydrogens (primary N) is 2. The van der Waals surface area contributed by atoms with Crippen LogP contribution >= 0.6 is 11.8 Å². The predicted octanol–water partition coefficient (Wildman–Crippen LogP) is 4.50. The van der Waals surface area contributed by atoms with Gasteiger partial charge in [-0.05, 0) is 0 Å². The van der Waals surface area contributed by atoms with Crippen LogP contribution in [0, 0.1) is 11.8 Å². The molecule has 2 aliphatic rings. The summed E-state index contributed by atoms with van der Waals surface area (Å²) in [5.41, 5.74) is 16.4. The quantitative estimate of drug-likeness (QED) is 0.318. The van der Waals surface area contributed by atoms with Crippen LogP contribution in [0.2, 0.25) is 0 Å². The Morgan fingerprint density at radius 3 is 1.35 bits per heavy atom. The zero-order valence-electron chi connectivity index (χ0n) is 17.3. The predicted molar refractivity (Wildman–Crippen MR) is 137 cm³/mol. The first kappa shape index (κ1) is 22.7. The molecule has 0 atom stereocenters. The van der Waals surface area contributed by atoms with E-state index in [1.807, 2.05) is 48.2 Å². The number of allylic oxidation sites excluding steroid dienone is 8. The number of hydrogen-bond acceptors (Lipinski definition) is 3. The molecule has 2 aromatic carbocycles. The van der Waals surface area contributed by atoms with Crippen LogP contribution in [0.25, 0.3) is 0 Å². The minimum absolute atomic E-state index is 0.184. The first-order chi connectivity index (χ1) is 14.9. The van der Waals surface area contributed by atoms with Gasteiger partial charge in [0.15, 0.2) is 0 Å².